The van der Waals surface area contributed by atoms with Gasteiger partial charge >= 0.3 is 0 Å². The Kier molecular flexibility index (Phi) is 4.79. The number of hydrogen-bond acceptors (Lipinski definition) is 2. The van der Waals surface area contributed by atoms with Crippen molar-refractivity contribution in [1.82, 2.24) is 4.57 Å². The number of hydrogen-bond donors (Lipinski definition) is 0. The van der Waals surface area contributed by atoms with E-state index in [0.717, 1.165) is 16.7 Å². The minimum Gasteiger partial charge on any atom is -0.488 e. The van der Waals surface area contributed by atoms with Gasteiger partial charge in [0.2, 0.25) is 0 Å². The second kappa shape index (κ2) is 6.24. The summed E-state index contributed by atoms with van der Waals surface area (Å²) >= 11 is 0. The fraction of sp³-hybridized carbons (Fsp3) is 0.529. The van der Waals surface area contributed by atoms with Gasteiger partial charge in [0.1, 0.15) is 12.8 Å². The highest BCUT2D eigenvalue weighted by molar-refractivity contribution is 6.48. The summed E-state index contributed by atoms with van der Waals surface area (Å²) in [6.45, 7) is 11.6. The second-order valence-corrected chi connectivity index (χ2v) is 9.24. The molecule has 2 aromatic rings. The Balaban J connectivity index is 2.16. The van der Waals surface area contributed by atoms with Crippen LogP contribution in [-0.2, 0) is 11.5 Å². The maximum absolute atomic E-state index is 6.15. The Morgan fingerprint density at radius 2 is 1.90 bits per heavy atom. The van der Waals surface area contributed by atoms with E-state index in [0.29, 0.717) is 6.61 Å². The molecule has 115 valence electrons. The summed E-state index contributed by atoms with van der Waals surface area (Å²) in [5.74, 6) is 0.816. The average molecular weight is 304 g/mol. The van der Waals surface area contributed by atoms with E-state index in [-0.39, 0.29) is 11.5 Å². The summed E-state index contributed by atoms with van der Waals surface area (Å²) < 4.78 is 14.2. The van der Waals surface area contributed by atoms with E-state index in [1.54, 1.807) is 0 Å². The topological polar surface area (TPSA) is 23.4 Å². The quantitative estimate of drug-likeness (QED) is 0.785. The van der Waals surface area contributed by atoms with Crippen molar-refractivity contribution >= 4 is 19.9 Å². The van der Waals surface area contributed by atoms with E-state index in [1.807, 2.05) is 23.7 Å². The van der Waals surface area contributed by atoms with Crippen molar-refractivity contribution in [2.75, 3.05) is 6.61 Å². The molecule has 0 aliphatic carbocycles. The lowest BCUT2D eigenvalue weighted by Crippen LogP contribution is -2.38. The molecule has 0 saturated heterocycles. The molecule has 1 aromatic heterocycles. The number of nitrogens with zero attached hydrogens (tertiary/aromatic N) is 1. The maximum Gasteiger partial charge on any atom is 0.171 e. The number of fused-ring (bicyclic) bond motifs is 1. The van der Waals surface area contributed by atoms with Crippen LogP contribution in [0.3, 0.4) is 0 Å². The van der Waals surface area contributed by atoms with Gasteiger partial charge in [-0.2, -0.15) is 0 Å². The van der Waals surface area contributed by atoms with Crippen LogP contribution in [0.5, 0.6) is 5.75 Å². The molecule has 4 heteroatoms. The van der Waals surface area contributed by atoms with Crippen LogP contribution >= 0.6 is 0 Å². The van der Waals surface area contributed by atoms with Crippen molar-refractivity contribution in [3.63, 3.8) is 0 Å². The Hall–Kier alpha value is -1.26. The van der Waals surface area contributed by atoms with Gasteiger partial charge in [-0.25, -0.2) is 0 Å². The summed E-state index contributed by atoms with van der Waals surface area (Å²) in [6, 6.07) is 8.22. The van der Waals surface area contributed by atoms with Crippen LogP contribution in [0.25, 0.3) is 10.9 Å². The molecule has 1 aromatic carbocycles. The number of benzene rings is 1. The van der Waals surface area contributed by atoms with E-state index in [4.69, 9.17) is 9.16 Å². The van der Waals surface area contributed by atoms with Crippen molar-refractivity contribution < 1.29 is 9.16 Å². The van der Waals surface area contributed by atoms with Gasteiger partial charge in [-0.15, -0.1) is 0 Å². The first-order chi connectivity index (χ1) is 9.79. The van der Waals surface area contributed by atoms with Crippen LogP contribution in [0.4, 0.5) is 0 Å². The second-order valence-electron chi connectivity index (χ2n) is 6.87. The molecule has 0 aliphatic heterocycles. The fourth-order valence-corrected chi connectivity index (χ4v) is 3.47. The number of aromatic nitrogens is 1. The maximum atomic E-state index is 6.15. The largest absolute Gasteiger partial charge is 0.488 e. The Labute approximate surface area is 129 Å². The van der Waals surface area contributed by atoms with Gasteiger partial charge < -0.3 is 13.7 Å². The summed E-state index contributed by atoms with van der Waals surface area (Å²) in [6.07, 6.45) is 3.37. The number of ether oxygens (including phenoxy) is 1. The predicted molar refractivity (Wildman–Crippen MR) is 90.5 cm³/mol. The van der Waals surface area contributed by atoms with Crippen molar-refractivity contribution in [1.29, 1.82) is 0 Å². The summed E-state index contributed by atoms with van der Waals surface area (Å²) in [4.78, 5) is 0. The smallest absolute Gasteiger partial charge is 0.171 e. The average Bonchev–Trinajstić information content (AvgIpc) is 2.70. The van der Waals surface area contributed by atoms with Gasteiger partial charge in [-0.3, -0.25) is 0 Å². The third-order valence-corrected chi connectivity index (χ3v) is 4.43. The normalized spacial score (nSPS) is 13.9. The Bertz CT molecular complexity index is 598. The SMILES string of the molecule is Cn1[c]c(OC[C@@H](O[SiH](C)C)C(C)(C)C)c2ccccc21. The van der Waals surface area contributed by atoms with E-state index in [1.165, 1.54) is 0 Å². The predicted octanol–water partition coefficient (Wildman–Crippen LogP) is 3.77. The Morgan fingerprint density at radius 1 is 1.24 bits per heavy atom. The molecule has 0 aliphatic rings. The van der Waals surface area contributed by atoms with Gasteiger partial charge in [0.25, 0.3) is 0 Å². The molecule has 2 rings (SSSR count). The zero-order valence-corrected chi connectivity index (χ0v) is 15.1. The molecule has 21 heavy (non-hydrogen) atoms. The first-order valence-electron chi connectivity index (χ1n) is 7.54. The highest BCUT2D eigenvalue weighted by Crippen LogP contribution is 2.29. The number of aryl methyl sites for hydroxylation is 1. The number of para-hydroxylation sites is 1. The van der Waals surface area contributed by atoms with E-state index < -0.39 is 9.04 Å². The molecule has 0 saturated carbocycles. The third-order valence-electron chi connectivity index (χ3n) is 3.56. The van der Waals surface area contributed by atoms with Gasteiger partial charge in [-0.05, 0) is 30.6 Å². The van der Waals surface area contributed by atoms with Gasteiger partial charge in [-0.1, -0.05) is 32.9 Å². The van der Waals surface area contributed by atoms with Gasteiger partial charge in [0.05, 0.1) is 11.6 Å². The first-order valence-corrected chi connectivity index (χ1v) is 10.3. The van der Waals surface area contributed by atoms with Crippen LogP contribution in [0.1, 0.15) is 20.8 Å². The van der Waals surface area contributed by atoms with Crippen LogP contribution < -0.4 is 4.74 Å². The van der Waals surface area contributed by atoms with Gasteiger partial charge in [0, 0.05) is 12.4 Å². The molecule has 0 N–H and O–H groups in total. The molecule has 0 bridgehead atoms. The fourth-order valence-electron chi connectivity index (χ4n) is 2.32. The molecule has 0 spiro atoms. The summed E-state index contributed by atoms with van der Waals surface area (Å²) in [5, 5.41) is 1.11. The molecular weight excluding hydrogens is 278 g/mol. The molecule has 0 fully saturated rings. The van der Waals surface area contributed by atoms with Crippen molar-refractivity contribution in [2.45, 2.75) is 40.0 Å². The van der Waals surface area contributed by atoms with Crippen molar-refractivity contribution in [2.24, 2.45) is 12.5 Å². The lowest BCUT2D eigenvalue weighted by molar-refractivity contribution is 0.0416. The highest BCUT2D eigenvalue weighted by atomic mass is 28.3. The van der Waals surface area contributed by atoms with Crippen LogP contribution in [0.2, 0.25) is 13.1 Å². The van der Waals surface area contributed by atoms with E-state index in [2.05, 4.69) is 52.2 Å². The molecule has 1 atom stereocenters. The van der Waals surface area contributed by atoms with Crippen LogP contribution in [-0.4, -0.2) is 26.3 Å². The zero-order chi connectivity index (χ0) is 15.6. The minimum absolute atomic E-state index is 0.0713. The molecule has 1 heterocycles. The molecule has 3 nitrogen and oxygen atoms in total. The van der Waals surface area contributed by atoms with E-state index in [9.17, 15) is 0 Å². The molecule has 0 unspecified atom stereocenters. The molecule has 1 radical (unpaired) electrons. The Morgan fingerprint density at radius 3 is 2.52 bits per heavy atom. The summed E-state index contributed by atoms with van der Waals surface area (Å²) in [5.41, 5.74) is 1.21. The molecular formula is C17H26NO2Si. The number of rotatable bonds is 5. The van der Waals surface area contributed by atoms with Crippen molar-refractivity contribution in [3.8, 4) is 5.75 Å². The first kappa shape index (κ1) is 16.1. The highest BCUT2D eigenvalue weighted by Gasteiger charge is 2.27. The lowest BCUT2D eigenvalue weighted by atomic mass is 9.90. The van der Waals surface area contributed by atoms with E-state index >= 15 is 0 Å². The zero-order valence-electron chi connectivity index (χ0n) is 13.9. The van der Waals surface area contributed by atoms with Crippen molar-refractivity contribution in [3.05, 3.63) is 30.5 Å². The van der Waals surface area contributed by atoms with Crippen LogP contribution in [0, 0.1) is 11.6 Å². The molecule has 0 amide bonds. The lowest BCUT2D eigenvalue weighted by Gasteiger charge is -2.32. The van der Waals surface area contributed by atoms with Crippen LogP contribution in [0.15, 0.2) is 24.3 Å². The third kappa shape index (κ3) is 3.89. The minimum atomic E-state index is -1.09. The van der Waals surface area contributed by atoms with Gasteiger partial charge in [0.15, 0.2) is 14.8 Å². The standard InChI is InChI=1S/C17H26NO2Si/c1-17(2,3)16(20-21(5)6)12-19-15-11-18(4)14-10-8-7-9-13(14)15/h7-10,16,21H,12H2,1-6H3/t16-/m1/s1. The monoisotopic (exact) mass is 304 g/mol. The summed E-state index contributed by atoms with van der Waals surface area (Å²) in [7, 11) is 0.901.